The van der Waals surface area contributed by atoms with Gasteiger partial charge in [-0.1, -0.05) is 35.9 Å². The first kappa shape index (κ1) is 20.1. The summed E-state index contributed by atoms with van der Waals surface area (Å²) < 4.78 is 1.85. The van der Waals surface area contributed by atoms with Crippen molar-refractivity contribution in [3.63, 3.8) is 0 Å². The fourth-order valence-corrected chi connectivity index (χ4v) is 3.11. The summed E-state index contributed by atoms with van der Waals surface area (Å²) >= 11 is 6.01. The molecule has 3 aromatic rings. The van der Waals surface area contributed by atoms with Crippen LogP contribution < -0.4 is 5.32 Å². The SMILES string of the molecule is CN(C)CCC(NC(=O)c1ccc(Cn2cccn2)cc1)c1ccc(Cl)cc1. The summed E-state index contributed by atoms with van der Waals surface area (Å²) in [5.74, 6) is -0.0793. The van der Waals surface area contributed by atoms with Gasteiger partial charge in [0, 0.05) is 23.0 Å². The number of amides is 1. The summed E-state index contributed by atoms with van der Waals surface area (Å²) in [5, 5.41) is 8.06. The number of hydrogen-bond acceptors (Lipinski definition) is 3. The lowest BCUT2D eigenvalue weighted by atomic mass is 10.0. The van der Waals surface area contributed by atoms with Crippen molar-refractivity contribution in [2.45, 2.75) is 19.0 Å². The summed E-state index contributed by atoms with van der Waals surface area (Å²) in [6.07, 6.45) is 4.49. The van der Waals surface area contributed by atoms with E-state index in [2.05, 4.69) is 15.3 Å². The second-order valence-electron chi connectivity index (χ2n) is 7.07. The molecular weight excluding hydrogens is 372 g/mol. The molecule has 5 nitrogen and oxygen atoms in total. The van der Waals surface area contributed by atoms with Crippen molar-refractivity contribution < 1.29 is 4.79 Å². The van der Waals surface area contributed by atoms with Gasteiger partial charge in [-0.25, -0.2) is 0 Å². The van der Waals surface area contributed by atoms with Crippen molar-refractivity contribution in [3.8, 4) is 0 Å². The van der Waals surface area contributed by atoms with Crippen molar-refractivity contribution >= 4 is 17.5 Å². The maximum atomic E-state index is 12.8. The van der Waals surface area contributed by atoms with Gasteiger partial charge in [0.15, 0.2) is 0 Å². The Morgan fingerprint density at radius 2 is 1.86 bits per heavy atom. The Labute approximate surface area is 170 Å². The van der Waals surface area contributed by atoms with E-state index in [1.165, 1.54) is 0 Å². The molecular formula is C22H25ClN4O. The predicted molar refractivity (Wildman–Crippen MR) is 113 cm³/mol. The van der Waals surface area contributed by atoms with Crippen LogP contribution in [0.1, 0.15) is 33.9 Å². The van der Waals surface area contributed by atoms with Crippen LogP contribution in [0.5, 0.6) is 0 Å². The highest BCUT2D eigenvalue weighted by atomic mass is 35.5. The minimum absolute atomic E-state index is 0.0732. The summed E-state index contributed by atoms with van der Waals surface area (Å²) in [5.41, 5.74) is 2.80. The van der Waals surface area contributed by atoms with E-state index < -0.39 is 0 Å². The van der Waals surface area contributed by atoms with Crippen LogP contribution in [0.4, 0.5) is 0 Å². The molecule has 1 atom stereocenters. The molecule has 1 N–H and O–H groups in total. The quantitative estimate of drug-likeness (QED) is 0.626. The van der Waals surface area contributed by atoms with E-state index in [1.54, 1.807) is 6.20 Å². The lowest BCUT2D eigenvalue weighted by molar-refractivity contribution is 0.0932. The third-order valence-electron chi connectivity index (χ3n) is 4.56. The minimum Gasteiger partial charge on any atom is -0.345 e. The van der Waals surface area contributed by atoms with Crippen molar-refractivity contribution in [3.05, 3.63) is 88.7 Å². The average molecular weight is 397 g/mol. The molecule has 146 valence electrons. The molecule has 0 aliphatic rings. The Morgan fingerprint density at radius 1 is 1.14 bits per heavy atom. The third kappa shape index (κ3) is 5.68. The van der Waals surface area contributed by atoms with E-state index in [1.807, 2.05) is 79.6 Å². The van der Waals surface area contributed by atoms with E-state index in [9.17, 15) is 4.79 Å². The first-order chi connectivity index (χ1) is 13.5. The highest BCUT2D eigenvalue weighted by molar-refractivity contribution is 6.30. The Balaban J connectivity index is 1.68. The van der Waals surface area contributed by atoms with E-state index in [0.717, 1.165) is 24.1 Å². The summed E-state index contributed by atoms with van der Waals surface area (Å²) in [4.78, 5) is 14.9. The normalized spacial score (nSPS) is 12.1. The smallest absolute Gasteiger partial charge is 0.251 e. The second kappa shape index (κ2) is 9.53. The van der Waals surface area contributed by atoms with E-state index >= 15 is 0 Å². The van der Waals surface area contributed by atoms with Gasteiger partial charge in [0.1, 0.15) is 0 Å². The molecule has 28 heavy (non-hydrogen) atoms. The van der Waals surface area contributed by atoms with Gasteiger partial charge in [0.25, 0.3) is 5.91 Å². The molecule has 3 rings (SSSR count). The van der Waals surface area contributed by atoms with Crippen LogP contribution in [-0.4, -0.2) is 41.2 Å². The molecule has 0 saturated heterocycles. The zero-order valence-corrected chi connectivity index (χ0v) is 16.9. The Hall–Kier alpha value is -2.63. The van der Waals surface area contributed by atoms with Crippen molar-refractivity contribution in [2.24, 2.45) is 0 Å². The zero-order valence-electron chi connectivity index (χ0n) is 16.2. The van der Waals surface area contributed by atoms with Crippen LogP contribution in [0.3, 0.4) is 0 Å². The highest BCUT2D eigenvalue weighted by Crippen LogP contribution is 2.20. The van der Waals surface area contributed by atoms with Gasteiger partial charge in [-0.05, 0) is 68.5 Å². The molecule has 0 saturated carbocycles. The van der Waals surface area contributed by atoms with Crippen LogP contribution >= 0.6 is 11.6 Å². The number of carbonyl (C=O) groups is 1. The average Bonchev–Trinajstić information content (AvgIpc) is 3.19. The second-order valence-corrected chi connectivity index (χ2v) is 7.51. The molecule has 2 aromatic carbocycles. The first-order valence-corrected chi connectivity index (χ1v) is 9.66. The first-order valence-electron chi connectivity index (χ1n) is 9.28. The molecule has 0 fully saturated rings. The number of nitrogens with zero attached hydrogens (tertiary/aromatic N) is 3. The Bertz CT molecular complexity index is 874. The van der Waals surface area contributed by atoms with Gasteiger partial charge in [0.05, 0.1) is 12.6 Å². The van der Waals surface area contributed by atoms with Crippen molar-refractivity contribution in [1.29, 1.82) is 0 Å². The van der Waals surface area contributed by atoms with Gasteiger partial charge in [0.2, 0.25) is 0 Å². The number of nitrogens with one attached hydrogen (secondary N) is 1. The standard InChI is InChI=1S/C22H25ClN4O/c1-26(2)15-12-21(18-8-10-20(23)11-9-18)25-22(28)19-6-4-17(5-7-19)16-27-14-3-13-24-27/h3-11,13-14,21H,12,15-16H2,1-2H3,(H,25,28). The fraction of sp³-hybridized carbons (Fsp3) is 0.273. The van der Waals surface area contributed by atoms with E-state index in [-0.39, 0.29) is 11.9 Å². The molecule has 1 heterocycles. The molecule has 1 amide bonds. The number of benzene rings is 2. The van der Waals surface area contributed by atoms with Crippen molar-refractivity contribution in [2.75, 3.05) is 20.6 Å². The van der Waals surface area contributed by atoms with Gasteiger partial charge < -0.3 is 10.2 Å². The lowest BCUT2D eigenvalue weighted by Gasteiger charge is -2.21. The summed E-state index contributed by atoms with van der Waals surface area (Å²) in [6, 6.07) is 17.1. The molecule has 1 aromatic heterocycles. The minimum atomic E-state index is -0.0793. The van der Waals surface area contributed by atoms with Gasteiger partial charge >= 0.3 is 0 Å². The van der Waals surface area contributed by atoms with Crippen molar-refractivity contribution in [1.82, 2.24) is 20.0 Å². The van der Waals surface area contributed by atoms with Crippen LogP contribution in [-0.2, 0) is 6.54 Å². The Morgan fingerprint density at radius 3 is 2.46 bits per heavy atom. The number of rotatable bonds is 8. The topological polar surface area (TPSA) is 50.2 Å². The molecule has 1 unspecified atom stereocenters. The molecule has 6 heteroatoms. The number of hydrogen-bond donors (Lipinski definition) is 1. The molecule has 0 aliphatic carbocycles. The number of carbonyl (C=O) groups excluding carboxylic acids is 1. The largest absolute Gasteiger partial charge is 0.345 e. The van der Waals surface area contributed by atoms with Crippen LogP contribution in [0.2, 0.25) is 5.02 Å². The van der Waals surface area contributed by atoms with E-state index in [4.69, 9.17) is 11.6 Å². The lowest BCUT2D eigenvalue weighted by Crippen LogP contribution is -2.31. The third-order valence-corrected chi connectivity index (χ3v) is 4.81. The maximum Gasteiger partial charge on any atom is 0.251 e. The number of halogens is 1. The summed E-state index contributed by atoms with van der Waals surface area (Å²) in [6.45, 7) is 1.56. The molecule has 0 aliphatic heterocycles. The zero-order chi connectivity index (χ0) is 19.9. The molecule has 0 radical (unpaired) electrons. The van der Waals surface area contributed by atoms with Crippen LogP contribution in [0.15, 0.2) is 67.0 Å². The van der Waals surface area contributed by atoms with E-state index in [0.29, 0.717) is 17.1 Å². The fourth-order valence-electron chi connectivity index (χ4n) is 2.99. The number of aromatic nitrogens is 2. The molecule has 0 spiro atoms. The monoisotopic (exact) mass is 396 g/mol. The predicted octanol–water partition coefficient (Wildman–Crippen LogP) is 4.01. The van der Waals surface area contributed by atoms with Crippen LogP contribution in [0.25, 0.3) is 0 Å². The summed E-state index contributed by atoms with van der Waals surface area (Å²) in [7, 11) is 4.05. The molecule has 0 bridgehead atoms. The highest BCUT2D eigenvalue weighted by Gasteiger charge is 2.16. The van der Waals surface area contributed by atoms with Gasteiger partial charge in [-0.15, -0.1) is 0 Å². The van der Waals surface area contributed by atoms with Gasteiger partial charge in [-0.3, -0.25) is 9.48 Å². The maximum absolute atomic E-state index is 12.8. The van der Waals surface area contributed by atoms with Gasteiger partial charge in [-0.2, -0.15) is 5.10 Å². The van der Waals surface area contributed by atoms with Crippen LogP contribution in [0, 0.1) is 0 Å². The Kier molecular flexibility index (Phi) is 6.85.